The predicted octanol–water partition coefficient (Wildman–Crippen LogP) is 10.2. The van der Waals surface area contributed by atoms with Gasteiger partial charge < -0.3 is 9.84 Å². The molecule has 0 spiro atoms. The van der Waals surface area contributed by atoms with E-state index in [-0.39, 0.29) is 28.8 Å². The second-order valence-electron chi connectivity index (χ2n) is 14.8. The second-order valence-corrected chi connectivity index (χ2v) is 14.8. The maximum Gasteiger partial charge on any atom is 0.304 e. The number of esters is 1. The minimum Gasteiger partial charge on any atom is -0.481 e. The Morgan fingerprint density at radius 2 is 1.06 bits per heavy atom. The molecule has 0 aliphatic heterocycles. The normalized spacial score (nSPS) is 22.8. The van der Waals surface area contributed by atoms with Crippen molar-refractivity contribution >= 4 is 23.5 Å². The molecule has 268 valence electrons. The van der Waals surface area contributed by atoms with Gasteiger partial charge in [0.2, 0.25) is 0 Å². The Hall–Kier alpha value is -4.58. The van der Waals surface area contributed by atoms with Crippen LogP contribution in [0.2, 0.25) is 0 Å². The lowest BCUT2D eigenvalue weighted by Gasteiger charge is -2.36. The van der Waals surface area contributed by atoms with Crippen LogP contribution in [0.5, 0.6) is 0 Å². The molecule has 2 rings (SSSR count). The summed E-state index contributed by atoms with van der Waals surface area (Å²) in [4.78, 5) is 48.2. The smallest absolute Gasteiger partial charge is 0.304 e. The van der Waals surface area contributed by atoms with E-state index in [0.29, 0.717) is 24.0 Å². The summed E-state index contributed by atoms with van der Waals surface area (Å²) in [5, 5.41) is 9.19. The van der Waals surface area contributed by atoms with Gasteiger partial charge in [-0.1, -0.05) is 135 Å². The van der Waals surface area contributed by atoms with Crippen LogP contribution >= 0.6 is 0 Å². The Morgan fingerprint density at radius 3 is 1.50 bits per heavy atom. The molecule has 0 saturated heterocycles. The van der Waals surface area contributed by atoms with Gasteiger partial charge in [-0.3, -0.25) is 19.2 Å². The van der Waals surface area contributed by atoms with Gasteiger partial charge in [0.25, 0.3) is 0 Å². The lowest BCUT2D eigenvalue weighted by Crippen LogP contribution is -2.38. The number of hydrogen-bond acceptors (Lipinski definition) is 5. The summed E-state index contributed by atoms with van der Waals surface area (Å²) in [5.41, 5.74) is 6.93. The fraction of sp³-hybridized carbons (Fsp3) is 0.409. The van der Waals surface area contributed by atoms with Crippen LogP contribution in [0.3, 0.4) is 0 Å². The van der Waals surface area contributed by atoms with Crippen LogP contribution in [0, 0.1) is 16.7 Å². The van der Waals surface area contributed by atoms with Gasteiger partial charge in [0, 0.05) is 19.3 Å². The number of Topliss-reactive ketones (excluding diaryl/α,β-unsaturated/α-hetero) is 2. The van der Waals surface area contributed by atoms with Crippen molar-refractivity contribution in [1.82, 2.24) is 0 Å². The monoisotopic (exact) mass is 680 g/mol. The van der Waals surface area contributed by atoms with Gasteiger partial charge in [0.15, 0.2) is 17.7 Å². The molecule has 0 amide bonds. The first-order chi connectivity index (χ1) is 23.2. The number of carbonyl (C=O) groups excluding carboxylic acids is 3. The fourth-order valence-corrected chi connectivity index (χ4v) is 6.46. The van der Waals surface area contributed by atoms with Gasteiger partial charge in [0.05, 0.1) is 6.42 Å². The van der Waals surface area contributed by atoms with E-state index in [1.165, 1.54) is 6.92 Å². The minimum atomic E-state index is -0.937. The molecule has 0 saturated carbocycles. The Balaban J connectivity index is 1.98. The summed E-state index contributed by atoms with van der Waals surface area (Å²) in [6.07, 6.45) is 28.4. The van der Waals surface area contributed by atoms with E-state index in [1.54, 1.807) is 13.8 Å². The number of allylic oxidation sites excluding steroid dienone is 21. The van der Waals surface area contributed by atoms with E-state index in [4.69, 9.17) is 4.74 Å². The lowest BCUT2D eigenvalue weighted by molar-refractivity contribution is -0.153. The third-order valence-electron chi connectivity index (χ3n) is 9.14. The summed E-state index contributed by atoms with van der Waals surface area (Å²) in [5.74, 6) is -2.04. The molecule has 0 fully saturated rings. The molecule has 2 aliphatic rings. The van der Waals surface area contributed by atoms with Gasteiger partial charge >= 0.3 is 11.9 Å². The maximum atomic E-state index is 12.8. The van der Waals surface area contributed by atoms with Gasteiger partial charge in [-0.05, 0) is 81.1 Å². The largest absolute Gasteiger partial charge is 0.481 e. The third kappa shape index (κ3) is 12.7. The molecular formula is C44H56O6. The van der Waals surface area contributed by atoms with E-state index in [0.717, 1.165) is 33.4 Å². The maximum absolute atomic E-state index is 12.8. The number of ether oxygens (including phenoxy) is 1. The van der Waals surface area contributed by atoms with Crippen molar-refractivity contribution in [2.75, 3.05) is 0 Å². The highest BCUT2D eigenvalue weighted by molar-refractivity contribution is 6.02. The SMILES string of the molecule is CC(=O)O[C@H]1CC(C)(C)C(/C=C/C(C)=C/C=C/C(C)=C/C=C/C=C(C)/C=C/C=C(C)/C=C/C2=C(C)C(=O)[C@H](CC(=O)O)CC2(C)C)=C(C)C1=O. The fourth-order valence-electron chi connectivity index (χ4n) is 6.46. The summed E-state index contributed by atoms with van der Waals surface area (Å²) in [7, 11) is 0. The highest BCUT2D eigenvalue weighted by Gasteiger charge is 2.40. The van der Waals surface area contributed by atoms with E-state index < -0.39 is 24.0 Å². The van der Waals surface area contributed by atoms with Crippen LogP contribution < -0.4 is 0 Å². The van der Waals surface area contributed by atoms with Crippen molar-refractivity contribution in [3.05, 3.63) is 130 Å². The summed E-state index contributed by atoms with van der Waals surface area (Å²) in [6, 6.07) is 0. The van der Waals surface area contributed by atoms with Crippen LogP contribution in [0.15, 0.2) is 130 Å². The Kier molecular flexibility index (Phi) is 15.3. The van der Waals surface area contributed by atoms with Crippen LogP contribution in [0.1, 0.15) is 95.4 Å². The highest BCUT2D eigenvalue weighted by atomic mass is 16.5. The summed E-state index contributed by atoms with van der Waals surface area (Å²) in [6.45, 7) is 21.3. The molecule has 0 unspecified atom stereocenters. The molecule has 1 N–H and O–H groups in total. The van der Waals surface area contributed by atoms with E-state index in [1.807, 2.05) is 113 Å². The molecule has 6 heteroatoms. The van der Waals surface area contributed by atoms with Gasteiger partial charge in [0.1, 0.15) is 0 Å². The standard InChI is InChI=1S/C44H56O6/c1-29(18-14-20-31(3)22-24-37-33(5)41(48)36(26-40(46)47)27-43(37,8)9)16-12-13-17-30(2)19-15-21-32(4)23-25-38-34(6)42(49)39(50-35(7)45)28-44(38,10)11/h12-25,36,39H,26-28H2,1-11H3,(H,46,47)/b13-12+,18-14+,19-15+,24-22+,25-23+,29-16+,30-17+,31-20+,32-21+/t36-,39+/m1/s1. The Bertz CT molecular complexity index is 1560. The van der Waals surface area contributed by atoms with Gasteiger partial charge in [-0.25, -0.2) is 0 Å². The zero-order valence-corrected chi connectivity index (χ0v) is 31.8. The number of aliphatic carboxylic acids is 1. The number of carboxylic acids is 1. The zero-order valence-electron chi connectivity index (χ0n) is 31.8. The first-order valence-electron chi connectivity index (χ1n) is 17.2. The lowest BCUT2D eigenvalue weighted by atomic mass is 9.67. The average Bonchev–Trinajstić information content (AvgIpc) is 2.99. The van der Waals surface area contributed by atoms with Crippen molar-refractivity contribution in [2.45, 2.75) is 102 Å². The van der Waals surface area contributed by atoms with Gasteiger partial charge in [-0.2, -0.15) is 0 Å². The van der Waals surface area contributed by atoms with Crippen LogP contribution in [0.4, 0.5) is 0 Å². The van der Waals surface area contributed by atoms with Crippen LogP contribution in [-0.2, 0) is 23.9 Å². The predicted molar refractivity (Wildman–Crippen MR) is 204 cm³/mol. The molecule has 0 aromatic heterocycles. The minimum absolute atomic E-state index is 0.0650. The molecule has 0 aromatic rings. The molecule has 0 radical (unpaired) electrons. The van der Waals surface area contributed by atoms with Crippen molar-refractivity contribution < 1.29 is 29.0 Å². The number of carbonyl (C=O) groups is 4. The first kappa shape index (κ1) is 41.6. The van der Waals surface area contributed by atoms with Crippen molar-refractivity contribution in [3.63, 3.8) is 0 Å². The van der Waals surface area contributed by atoms with Crippen molar-refractivity contribution in [3.8, 4) is 0 Å². The molecule has 50 heavy (non-hydrogen) atoms. The third-order valence-corrected chi connectivity index (χ3v) is 9.14. The zero-order chi connectivity index (χ0) is 37.8. The van der Waals surface area contributed by atoms with E-state index in [2.05, 4.69) is 27.7 Å². The second kappa shape index (κ2) is 18.4. The molecular weight excluding hydrogens is 624 g/mol. The molecule has 2 aliphatic carbocycles. The highest BCUT2D eigenvalue weighted by Crippen LogP contribution is 2.43. The Labute approximate surface area is 299 Å². The topological polar surface area (TPSA) is 97.7 Å². The molecule has 6 nitrogen and oxygen atoms in total. The molecule has 0 bridgehead atoms. The number of hydrogen-bond donors (Lipinski definition) is 1. The number of ketones is 2. The quantitative estimate of drug-likeness (QED) is 0.154. The first-order valence-corrected chi connectivity index (χ1v) is 17.2. The molecule has 0 heterocycles. The van der Waals surface area contributed by atoms with Crippen LogP contribution in [-0.4, -0.2) is 34.7 Å². The van der Waals surface area contributed by atoms with E-state index in [9.17, 15) is 24.3 Å². The van der Waals surface area contributed by atoms with Crippen LogP contribution in [0.25, 0.3) is 0 Å². The summed E-state index contributed by atoms with van der Waals surface area (Å²) < 4.78 is 5.26. The van der Waals surface area contributed by atoms with Crippen molar-refractivity contribution in [1.29, 1.82) is 0 Å². The van der Waals surface area contributed by atoms with Gasteiger partial charge in [-0.15, -0.1) is 0 Å². The Morgan fingerprint density at radius 1 is 0.660 bits per heavy atom. The number of rotatable bonds is 13. The number of carboxylic acid groups (broad SMARTS) is 1. The van der Waals surface area contributed by atoms with E-state index >= 15 is 0 Å². The van der Waals surface area contributed by atoms with Crippen molar-refractivity contribution in [2.24, 2.45) is 16.7 Å². The molecule has 0 aromatic carbocycles. The summed E-state index contributed by atoms with van der Waals surface area (Å²) >= 11 is 0. The average molecular weight is 681 g/mol. The molecule has 2 atom stereocenters.